The number of hydrogen-bond donors (Lipinski definition) is 1. The Hall–Kier alpha value is -1.73. The zero-order valence-corrected chi connectivity index (χ0v) is 10.4. The molecule has 0 aliphatic carbocycles. The maximum absolute atomic E-state index is 13.2. The quantitative estimate of drug-likeness (QED) is 0.714. The number of hydrogen-bond acceptors (Lipinski definition) is 2. The number of rotatable bonds is 0. The van der Waals surface area contributed by atoms with Gasteiger partial charge < -0.3 is 5.32 Å². The van der Waals surface area contributed by atoms with E-state index in [-0.39, 0.29) is 11.3 Å². The first-order valence-electron chi connectivity index (χ1n) is 5.57. The van der Waals surface area contributed by atoms with Gasteiger partial charge in [0, 0.05) is 11.3 Å². The maximum atomic E-state index is 13.2. The third kappa shape index (κ3) is 1.94. The van der Waals surface area contributed by atoms with Crippen LogP contribution in [-0.4, -0.2) is 18.2 Å². The van der Waals surface area contributed by atoms with Gasteiger partial charge in [-0.2, -0.15) is 26.3 Å². The molecule has 0 fully saturated rings. The monoisotopic (exact) mass is 296 g/mol. The molecule has 0 atom stereocenters. The topological polar surface area (TPSA) is 24.4 Å². The standard InChI is InChI=1S/C12H10F6N2/c1-6-3-4-9-8(5-6)10(11(13,14)15,12(16,17)18)20-7(2)19-9/h3-5H,1-2H3,(H,19,20). The Balaban J connectivity index is 2.86. The van der Waals surface area contributed by atoms with Gasteiger partial charge in [-0.15, -0.1) is 0 Å². The van der Waals surface area contributed by atoms with Crippen molar-refractivity contribution >= 4 is 11.5 Å². The number of nitrogens with one attached hydrogen (secondary N) is 1. The molecule has 1 aromatic rings. The van der Waals surface area contributed by atoms with Gasteiger partial charge in [0.25, 0.3) is 5.54 Å². The average Bonchev–Trinajstić information content (AvgIpc) is 2.25. The van der Waals surface area contributed by atoms with Crippen LogP contribution in [0.2, 0.25) is 0 Å². The van der Waals surface area contributed by atoms with E-state index in [1.807, 2.05) is 0 Å². The highest BCUT2D eigenvalue weighted by Gasteiger charge is 2.73. The third-order valence-electron chi connectivity index (χ3n) is 3.04. The van der Waals surface area contributed by atoms with Crippen LogP contribution in [0.5, 0.6) is 0 Å². The molecule has 0 unspecified atom stereocenters. The number of aliphatic imine (C=N–C) groups is 1. The molecule has 110 valence electrons. The van der Waals surface area contributed by atoms with Crippen molar-refractivity contribution in [3.05, 3.63) is 29.3 Å². The van der Waals surface area contributed by atoms with Gasteiger partial charge in [-0.1, -0.05) is 17.7 Å². The first-order chi connectivity index (χ1) is 8.99. The van der Waals surface area contributed by atoms with E-state index in [1.165, 1.54) is 19.1 Å². The Morgan fingerprint density at radius 1 is 1.00 bits per heavy atom. The molecule has 0 radical (unpaired) electrons. The van der Waals surface area contributed by atoms with E-state index >= 15 is 0 Å². The number of halogens is 6. The molecule has 1 aliphatic heterocycles. The van der Waals surface area contributed by atoms with Gasteiger partial charge >= 0.3 is 12.4 Å². The van der Waals surface area contributed by atoms with Crippen LogP contribution in [-0.2, 0) is 5.54 Å². The lowest BCUT2D eigenvalue weighted by atomic mass is 9.85. The Bertz CT molecular complexity index is 556. The van der Waals surface area contributed by atoms with Crippen LogP contribution >= 0.6 is 0 Å². The Morgan fingerprint density at radius 3 is 2.05 bits per heavy atom. The summed E-state index contributed by atoms with van der Waals surface area (Å²) in [6.45, 7) is 2.48. The molecule has 1 N–H and O–H groups in total. The van der Waals surface area contributed by atoms with Crippen molar-refractivity contribution in [2.24, 2.45) is 4.99 Å². The number of anilines is 1. The summed E-state index contributed by atoms with van der Waals surface area (Å²) in [5.74, 6) is -0.434. The maximum Gasteiger partial charge on any atom is 0.427 e. The van der Waals surface area contributed by atoms with Crippen molar-refractivity contribution in [3.63, 3.8) is 0 Å². The van der Waals surface area contributed by atoms with Gasteiger partial charge in [0.15, 0.2) is 0 Å². The molecule has 2 rings (SSSR count). The van der Waals surface area contributed by atoms with E-state index in [9.17, 15) is 26.3 Å². The molecule has 0 saturated heterocycles. The van der Waals surface area contributed by atoms with Gasteiger partial charge in [-0.3, -0.25) is 0 Å². The zero-order valence-electron chi connectivity index (χ0n) is 10.4. The van der Waals surface area contributed by atoms with Crippen LogP contribution in [0.4, 0.5) is 32.0 Å². The summed E-state index contributed by atoms with van der Waals surface area (Å²) >= 11 is 0. The van der Waals surface area contributed by atoms with Crippen molar-refractivity contribution < 1.29 is 26.3 Å². The predicted octanol–water partition coefficient (Wildman–Crippen LogP) is 4.16. The molecule has 1 aliphatic rings. The molecule has 0 spiro atoms. The van der Waals surface area contributed by atoms with Crippen LogP contribution < -0.4 is 5.32 Å². The third-order valence-corrected chi connectivity index (χ3v) is 3.04. The smallest absolute Gasteiger partial charge is 0.344 e. The summed E-state index contributed by atoms with van der Waals surface area (Å²) in [7, 11) is 0. The second-order valence-electron chi connectivity index (χ2n) is 4.58. The molecule has 1 heterocycles. The lowest BCUT2D eigenvalue weighted by Gasteiger charge is -2.38. The SMILES string of the molecule is CC1=NC(C(F)(F)F)(C(F)(F)F)c2cc(C)ccc2N1. The van der Waals surface area contributed by atoms with Crippen LogP contribution in [0.3, 0.4) is 0 Å². The summed E-state index contributed by atoms with van der Waals surface area (Å²) in [5, 5.41) is 2.44. The number of alkyl halides is 6. The summed E-state index contributed by atoms with van der Waals surface area (Å²) in [5.41, 5.74) is -5.10. The lowest BCUT2D eigenvalue weighted by molar-refractivity contribution is -0.300. The molecule has 20 heavy (non-hydrogen) atoms. The highest BCUT2D eigenvalue weighted by molar-refractivity contribution is 5.97. The summed E-state index contributed by atoms with van der Waals surface area (Å²) < 4.78 is 79.3. The van der Waals surface area contributed by atoms with Gasteiger partial charge in [-0.05, 0) is 19.9 Å². The number of amidine groups is 1. The van der Waals surface area contributed by atoms with E-state index in [4.69, 9.17) is 0 Å². The number of nitrogens with zero attached hydrogens (tertiary/aromatic N) is 1. The summed E-state index contributed by atoms with van der Waals surface area (Å²) in [4.78, 5) is 2.89. The molecular weight excluding hydrogens is 286 g/mol. The highest BCUT2D eigenvalue weighted by Crippen LogP contribution is 2.56. The minimum Gasteiger partial charge on any atom is -0.344 e. The minimum atomic E-state index is -5.59. The number of fused-ring (bicyclic) bond motifs is 1. The Morgan fingerprint density at radius 2 is 1.55 bits per heavy atom. The first kappa shape index (κ1) is 14.7. The van der Waals surface area contributed by atoms with Crippen LogP contribution in [0.15, 0.2) is 23.2 Å². The number of aryl methyl sites for hydroxylation is 1. The van der Waals surface area contributed by atoms with E-state index < -0.39 is 29.3 Å². The fourth-order valence-electron chi connectivity index (χ4n) is 2.19. The zero-order chi connectivity index (χ0) is 15.3. The fraction of sp³-hybridized carbons (Fsp3) is 0.417. The highest BCUT2D eigenvalue weighted by atomic mass is 19.4. The van der Waals surface area contributed by atoms with Gasteiger partial charge in [0.05, 0.1) is 5.84 Å². The molecule has 0 aromatic heterocycles. The van der Waals surface area contributed by atoms with Crippen molar-refractivity contribution in [1.82, 2.24) is 0 Å². The minimum absolute atomic E-state index is 0.238. The van der Waals surface area contributed by atoms with Crippen LogP contribution in [0, 0.1) is 6.92 Å². The van der Waals surface area contributed by atoms with Crippen molar-refractivity contribution in [2.45, 2.75) is 31.7 Å². The fourth-order valence-corrected chi connectivity index (χ4v) is 2.19. The van der Waals surface area contributed by atoms with E-state index in [0.717, 1.165) is 13.0 Å². The van der Waals surface area contributed by atoms with Gasteiger partial charge in [0.1, 0.15) is 0 Å². The normalized spacial score (nSPS) is 18.1. The van der Waals surface area contributed by atoms with Crippen molar-refractivity contribution in [1.29, 1.82) is 0 Å². The molecule has 0 saturated carbocycles. The Kier molecular flexibility index (Phi) is 3.03. The van der Waals surface area contributed by atoms with Gasteiger partial charge in [0.2, 0.25) is 0 Å². The van der Waals surface area contributed by atoms with E-state index in [1.54, 1.807) is 0 Å². The van der Waals surface area contributed by atoms with E-state index in [0.29, 0.717) is 0 Å². The van der Waals surface area contributed by atoms with Crippen LogP contribution in [0.25, 0.3) is 0 Å². The first-order valence-corrected chi connectivity index (χ1v) is 5.57. The molecule has 8 heteroatoms. The molecule has 1 aromatic carbocycles. The predicted molar refractivity (Wildman–Crippen MR) is 61.7 cm³/mol. The Labute approximate surface area is 110 Å². The second kappa shape index (κ2) is 4.13. The largest absolute Gasteiger partial charge is 0.427 e. The average molecular weight is 296 g/mol. The molecule has 0 amide bonds. The van der Waals surface area contributed by atoms with Crippen molar-refractivity contribution in [3.8, 4) is 0 Å². The second-order valence-corrected chi connectivity index (χ2v) is 4.58. The molecule has 0 bridgehead atoms. The summed E-state index contributed by atoms with van der Waals surface area (Å²) in [6, 6.07) is 3.48. The lowest BCUT2D eigenvalue weighted by Crippen LogP contribution is -2.55. The molecule has 2 nitrogen and oxygen atoms in total. The molecular formula is C12H10F6N2. The van der Waals surface area contributed by atoms with Crippen molar-refractivity contribution in [2.75, 3.05) is 5.32 Å². The number of benzene rings is 1. The van der Waals surface area contributed by atoms with E-state index in [2.05, 4.69) is 10.3 Å². The van der Waals surface area contributed by atoms with Gasteiger partial charge in [-0.25, -0.2) is 4.99 Å². The summed E-state index contributed by atoms with van der Waals surface area (Å²) in [6.07, 6.45) is -11.2. The van der Waals surface area contributed by atoms with Crippen LogP contribution in [0.1, 0.15) is 18.1 Å².